The maximum Gasteiger partial charge on any atom is 0.290 e. The van der Waals surface area contributed by atoms with E-state index >= 15 is 0 Å². The number of aromatic nitrogens is 2. The number of hydrogen-bond donors (Lipinski definition) is 1. The second-order valence-electron chi connectivity index (χ2n) is 10.5. The van der Waals surface area contributed by atoms with Crippen molar-refractivity contribution >= 4 is 22.8 Å². The first-order valence-corrected chi connectivity index (χ1v) is 13.1. The van der Waals surface area contributed by atoms with Crippen molar-refractivity contribution in [2.45, 2.75) is 83.0 Å². The van der Waals surface area contributed by atoms with E-state index in [-0.39, 0.29) is 18.4 Å². The number of carbonyl (C=O) groups is 2. The van der Waals surface area contributed by atoms with Crippen LogP contribution in [0.2, 0.25) is 0 Å². The molecule has 1 aromatic heterocycles. The van der Waals surface area contributed by atoms with Gasteiger partial charge in [-0.25, -0.2) is 4.98 Å². The Balaban J connectivity index is 0.000000243. The number of amides is 2. The average molecular weight is 451 g/mol. The van der Waals surface area contributed by atoms with Crippen molar-refractivity contribution in [3.63, 3.8) is 0 Å². The van der Waals surface area contributed by atoms with Gasteiger partial charge in [-0.2, -0.15) is 0 Å². The molecular weight excluding hydrogens is 412 g/mol. The lowest BCUT2D eigenvalue weighted by molar-refractivity contribution is -0.123. The lowest BCUT2D eigenvalue weighted by atomic mass is 9.88. The maximum atomic E-state index is 12.9. The predicted octanol–water partition coefficient (Wildman–Crippen LogP) is 4.88. The van der Waals surface area contributed by atoms with Gasteiger partial charge in [0.05, 0.1) is 11.0 Å². The summed E-state index contributed by atoms with van der Waals surface area (Å²) < 4.78 is 1.92. The summed E-state index contributed by atoms with van der Waals surface area (Å²) in [5, 5.41) is 2.76. The summed E-state index contributed by atoms with van der Waals surface area (Å²) in [5.41, 5.74) is 4.73. The lowest BCUT2D eigenvalue weighted by Gasteiger charge is -2.26. The predicted molar refractivity (Wildman–Crippen MR) is 130 cm³/mol. The minimum atomic E-state index is -0.150. The van der Waals surface area contributed by atoms with Crippen molar-refractivity contribution in [2.24, 2.45) is 13.0 Å². The molecule has 2 heterocycles. The molecule has 2 amide bonds. The molecule has 1 N–H and O–H groups in total. The topological polar surface area (TPSA) is 67.2 Å². The summed E-state index contributed by atoms with van der Waals surface area (Å²) in [6, 6.07) is 4.54. The molecule has 2 aromatic rings. The molecule has 1 aromatic carbocycles. The van der Waals surface area contributed by atoms with Crippen LogP contribution in [0.15, 0.2) is 12.1 Å². The Morgan fingerprint density at radius 1 is 1.06 bits per heavy atom. The van der Waals surface area contributed by atoms with Crippen LogP contribution < -0.4 is 5.32 Å². The number of fused-ring (bicyclic) bond motifs is 1. The van der Waals surface area contributed by atoms with Gasteiger partial charge < -0.3 is 14.8 Å². The molecule has 6 nitrogen and oxygen atoms in total. The molecule has 3 saturated carbocycles. The fourth-order valence-corrected chi connectivity index (χ4v) is 5.43. The van der Waals surface area contributed by atoms with Gasteiger partial charge in [0.1, 0.15) is 6.54 Å². The van der Waals surface area contributed by atoms with Crippen LogP contribution in [0.4, 0.5) is 0 Å². The van der Waals surface area contributed by atoms with E-state index < -0.39 is 0 Å². The number of nitrogens with zero attached hydrogens (tertiary/aromatic N) is 3. The van der Waals surface area contributed by atoms with Crippen molar-refractivity contribution in [2.75, 3.05) is 19.6 Å². The number of imidazole rings is 1. The Hall–Kier alpha value is -2.37. The van der Waals surface area contributed by atoms with Gasteiger partial charge in [-0.15, -0.1) is 0 Å². The fraction of sp³-hybridized carbons (Fsp3) is 0.667. The Morgan fingerprint density at radius 3 is 2.39 bits per heavy atom. The summed E-state index contributed by atoms with van der Waals surface area (Å²) in [7, 11) is 1.92. The van der Waals surface area contributed by atoms with Gasteiger partial charge in [-0.05, 0) is 60.6 Å². The van der Waals surface area contributed by atoms with Crippen LogP contribution in [0, 0.1) is 5.92 Å². The first-order valence-electron chi connectivity index (χ1n) is 13.1. The summed E-state index contributed by atoms with van der Waals surface area (Å²) >= 11 is 0. The standard InChI is InChI=1S/C19H22N4O2.C8H16/c1-22-15-9-13(11-2-3-11)8-14(12-4-5-12)17(15)21-18(22)19(25)23-7-6-20-16(24)10-23;1-2-8-6-4-3-5-7-8/h8-9,11-12H,2-7,10H2,1H3,(H,20,24);8H,2-7H2,1H3. The molecule has 178 valence electrons. The molecule has 1 aliphatic heterocycles. The lowest BCUT2D eigenvalue weighted by Crippen LogP contribution is -2.50. The van der Waals surface area contributed by atoms with Gasteiger partial charge in [0.25, 0.3) is 5.91 Å². The molecule has 3 aliphatic carbocycles. The van der Waals surface area contributed by atoms with Crippen molar-refractivity contribution in [1.82, 2.24) is 19.8 Å². The molecule has 4 fully saturated rings. The van der Waals surface area contributed by atoms with Gasteiger partial charge in [0, 0.05) is 20.1 Å². The zero-order valence-electron chi connectivity index (χ0n) is 20.2. The van der Waals surface area contributed by atoms with E-state index in [0.717, 1.165) is 17.0 Å². The smallest absolute Gasteiger partial charge is 0.290 e. The molecule has 0 atom stereocenters. The summed E-state index contributed by atoms with van der Waals surface area (Å²) in [6.07, 6.45) is 13.9. The van der Waals surface area contributed by atoms with Gasteiger partial charge in [-0.3, -0.25) is 9.59 Å². The number of piperazine rings is 1. The van der Waals surface area contributed by atoms with E-state index in [1.54, 1.807) is 4.90 Å². The number of hydrogen-bond acceptors (Lipinski definition) is 3. The van der Waals surface area contributed by atoms with E-state index in [9.17, 15) is 9.59 Å². The minimum absolute atomic E-state index is 0.104. The molecule has 33 heavy (non-hydrogen) atoms. The van der Waals surface area contributed by atoms with Crippen LogP contribution in [0.5, 0.6) is 0 Å². The van der Waals surface area contributed by atoms with Crippen molar-refractivity contribution in [3.8, 4) is 0 Å². The molecular formula is C27H38N4O2. The van der Waals surface area contributed by atoms with Gasteiger partial charge in [-0.1, -0.05) is 51.5 Å². The first kappa shape index (κ1) is 22.4. The Bertz CT molecular complexity index is 1030. The van der Waals surface area contributed by atoms with Crippen molar-refractivity contribution in [1.29, 1.82) is 0 Å². The van der Waals surface area contributed by atoms with E-state index in [1.807, 2.05) is 11.6 Å². The van der Waals surface area contributed by atoms with Crippen molar-refractivity contribution in [3.05, 3.63) is 29.1 Å². The number of nitrogens with one attached hydrogen (secondary N) is 1. The van der Waals surface area contributed by atoms with E-state index in [4.69, 9.17) is 4.98 Å². The van der Waals surface area contributed by atoms with Crippen LogP contribution >= 0.6 is 0 Å². The number of benzene rings is 1. The van der Waals surface area contributed by atoms with E-state index in [1.165, 1.54) is 75.3 Å². The highest BCUT2D eigenvalue weighted by Crippen LogP contribution is 2.47. The largest absolute Gasteiger partial charge is 0.353 e. The number of carbonyl (C=O) groups excluding carboxylic acids is 2. The molecule has 0 spiro atoms. The van der Waals surface area contributed by atoms with Crippen LogP contribution in [-0.2, 0) is 11.8 Å². The van der Waals surface area contributed by atoms with Gasteiger partial charge >= 0.3 is 0 Å². The second-order valence-corrected chi connectivity index (χ2v) is 10.5. The average Bonchev–Trinajstić information content (AvgIpc) is 3.76. The maximum absolute atomic E-state index is 12.9. The highest BCUT2D eigenvalue weighted by molar-refractivity contribution is 5.98. The molecule has 0 bridgehead atoms. The molecule has 6 rings (SSSR count). The van der Waals surface area contributed by atoms with Crippen LogP contribution in [0.3, 0.4) is 0 Å². The number of aryl methyl sites for hydroxylation is 1. The van der Waals surface area contributed by atoms with Crippen LogP contribution in [0.25, 0.3) is 11.0 Å². The fourth-order valence-electron chi connectivity index (χ4n) is 5.43. The highest BCUT2D eigenvalue weighted by Gasteiger charge is 2.33. The van der Waals surface area contributed by atoms with Crippen molar-refractivity contribution < 1.29 is 9.59 Å². The SMILES string of the molecule is CCC1CCCCC1.Cn1c(C(=O)N2CCNC(=O)C2)nc2c(C3CC3)cc(C3CC3)cc21. The normalized spacial score (nSPS) is 21.5. The van der Waals surface area contributed by atoms with E-state index in [2.05, 4.69) is 24.4 Å². The minimum Gasteiger partial charge on any atom is -0.353 e. The Kier molecular flexibility index (Phi) is 6.44. The molecule has 4 aliphatic rings. The molecule has 0 unspecified atom stereocenters. The molecule has 0 radical (unpaired) electrons. The summed E-state index contributed by atoms with van der Waals surface area (Å²) in [5.74, 6) is 2.56. The third-order valence-corrected chi connectivity index (χ3v) is 7.92. The van der Waals surface area contributed by atoms with E-state index in [0.29, 0.717) is 30.7 Å². The summed E-state index contributed by atoms with van der Waals surface area (Å²) in [6.45, 7) is 3.48. The summed E-state index contributed by atoms with van der Waals surface area (Å²) in [4.78, 5) is 30.9. The zero-order chi connectivity index (χ0) is 22.9. The second kappa shape index (κ2) is 9.47. The monoisotopic (exact) mass is 450 g/mol. The number of rotatable bonds is 4. The van der Waals surface area contributed by atoms with Crippen LogP contribution in [-0.4, -0.2) is 45.9 Å². The van der Waals surface area contributed by atoms with Crippen LogP contribution in [0.1, 0.15) is 105 Å². The first-order chi connectivity index (χ1) is 16.0. The highest BCUT2D eigenvalue weighted by atomic mass is 16.2. The quantitative estimate of drug-likeness (QED) is 0.722. The molecule has 6 heteroatoms. The zero-order valence-corrected chi connectivity index (χ0v) is 20.2. The third-order valence-electron chi connectivity index (χ3n) is 7.92. The molecule has 1 saturated heterocycles. The van der Waals surface area contributed by atoms with Gasteiger partial charge in [0.2, 0.25) is 5.91 Å². The third kappa shape index (κ3) is 4.95. The Labute approximate surface area is 197 Å². The Morgan fingerprint density at radius 2 is 1.79 bits per heavy atom. The van der Waals surface area contributed by atoms with Gasteiger partial charge in [0.15, 0.2) is 5.82 Å².